The van der Waals surface area contributed by atoms with Gasteiger partial charge in [0.2, 0.25) is 5.91 Å². The second kappa shape index (κ2) is 6.20. The topological polar surface area (TPSA) is 84.6 Å². The molecule has 4 unspecified atom stereocenters. The molecular formula is C14H26N2O3. The summed E-state index contributed by atoms with van der Waals surface area (Å²) in [4.78, 5) is 12.0. The minimum Gasteiger partial charge on any atom is -0.388 e. The Bertz CT molecular complexity index is 324. The van der Waals surface area contributed by atoms with Crippen LogP contribution in [0.3, 0.4) is 0 Å². The van der Waals surface area contributed by atoms with Crippen LogP contribution in [0.4, 0.5) is 0 Å². The minimum absolute atomic E-state index is 0.00791. The first-order chi connectivity index (χ1) is 9.02. The van der Waals surface area contributed by atoms with Gasteiger partial charge in [0, 0.05) is 13.1 Å². The van der Waals surface area contributed by atoms with E-state index >= 15 is 0 Å². The minimum atomic E-state index is -0.737. The summed E-state index contributed by atoms with van der Waals surface area (Å²) in [6.07, 6.45) is 4.92. The van der Waals surface area contributed by atoms with Crippen molar-refractivity contribution < 1.29 is 14.6 Å². The molecule has 2 aliphatic rings. The van der Waals surface area contributed by atoms with Gasteiger partial charge < -0.3 is 20.9 Å². The molecule has 0 aromatic rings. The summed E-state index contributed by atoms with van der Waals surface area (Å²) in [6.45, 7) is 2.95. The Hall–Kier alpha value is -0.650. The van der Waals surface area contributed by atoms with Gasteiger partial charge in [0.05, 0.1) is 11.7 Å². The summed E-state index contributed by atoms with van der Waals surface area (Å²) in [5.41, 5.74) is 4.79. The van der Waals surface area contributed by atoms with Crippen molar-refractivity contribution in [3.05, 3.63) is 0 Å². The summed E-state index contributed by atoms with van der Waals surface area (Å²) < 4.78 is 5.55. The van der Waals surface area contributed by atoms with Crippen molar-refractivity contribution in [1.82, 2.24) is 5.32 Å². The SMILES string of the molecule is CC1CCCC(O)(CNC(=O)C2CCC(CN)O2)C1. The van der Waals surface area contributed by atoms with Gasteiger partial charge in [-0.3, -0.25) is 4.79 Å². The molecule has 1 amide bonds. The molecule has 1 heterocycles. The highest BCUT2D eigenvalue weighted by atomic mass is 16.5. The second-order valence-electron chi connectivity index (χ2n) is 6.20. The van der Waals surface area contributed by atoms with Crippen molar-refractivity contribution in [1.29, 1.82) is 0 Å². The molecule has 2 fully saturated rings. The van der Waals surface area contributed by atoms with E-state index in [2.05, 4.69) is 12.2 Å². The summed E-state index contributed by atoms with van der Waals surface area (Å²) in [5.74, 6) is 0.419. The molecule has 19 heavy (non-hydrogen) atoms. The number of ether oxygens (including phenoxy) is 1. The predicted octanol–water partition coefficient (Wildman–Crippen LogP) is 0.550. The molecule has 110 valence electrons. The lowest BCUT2D eigenvalue weighted by Gasteiger charge is -2.35. The zero-order valence-corrected chi connectivity index (χ0v) is 11.7. The van der Waals surface area contributed by atoms with Crippen molar-refractivity contribution in [2.24, 2.45) is 11.7 Å². The van der Waals surface area contributed by atoms with Crippen molar-refractivity contribution in [3.63, 3.8) is 0 Å². The van der Waals surface area contributed by atoms with Gasteiger partial charge in [-0.1, -0.05) is 19.8 Å². The summed E-state index contributed by atoms with van der Waals surface area (Å²) in [5, 5.41) is 13.3. The maximum atomic E-state index is 12.0. The molecule has 0 radical (unpaired) electrons. The number of carbonyl (C=O) groups is 1. The van der Waals surface area contributed by atoms with E-state index in [-0.39, 0.29) is 12.0 Å². The number of hydrogen-bond donors (Lipinski definition) is 3. The van der Waals surface area contributed by atoms with Crippen LogP contribution in [0.5, 0.6) is 0 Å². The van der Waals surface area contributed by atoms with Crippen LogP contribution in [-0.2, 0) is 9.53 Å². The summed E-state index contributed by atoms with van der Waals surface area (Å²) >= 11 is 0. The van der Waals surface area contributed by atoms with Gasteiger partial charge in [-0.25, -0.2) is 0 Å². The zero-order valence-electron chi connectivity index (χ0n) is 11.7. The highest BCUT2D eigenvalue weighted by Crippen LogP contribution is 2.31. The van der Waals surface area contributed by atoms with Gasteiger partial charge in [-0.2, -0.15) is 0 Å². The van der Waals surface area contributed by atoms with Gasteiger partial charge in [-0.15, -0.1) is 0 Å². The number of rotatable bonds is 4. The van der Waals surface area contributed by atoms with Crippen LogP contribution in [0.15, 0.2) is 0 Å². The van der Waals surface area contributed by atoms with Crippen LogP contribution in [0.25, 0.3) is 0 Å². The molecule has 1 aliphatic heterocycles. The van der Waals surface area contributed by atoms with E-state index < -0.39 is 11.7 Å². The molecule has 5 heteroatoms. The molecule has 0 aromatic heterocycles. The number of nitrogens with one attached hydrogen (secondary N) is 1. The van der Waals surface area contributed by atoms with E-state index in [1.54, 1.807) is 0 Å². The van der Waals surface area contributed by atoms with Crippen LogP contribution in [0.2, 0.25) is 0 Å². The third kappa shape index (κ3) is 3.91. The molecule has 0 bridgehead atoms. The molecule has 1 saturated carbocycles. The van der Waals surface area contributed by atoms with E-state index in [1.165, 1.54) is 6.42 Å². The zero-order chi connectivity index (χ0) is 13.9. The molecule has 1 saturated heterocycles. The molecule has 1 aliphatic carbocycles. The molecule has 5 nitrogen and oxygen atoms in total. The summed E-state index contributed by atoms with van der Waals surface area (Å²) in [7, 11) is 0. The van der Waals surface area contributed by atoms with Crippen LogP contribution in [0, 0.1) is 5.92 Å². The van der Waals surface area contributed by atoms with Gasteiger partial charge in [0.25, 0.3) is 0 Å². The number of carbonyl (C=O) groups excluding carboxylic acids is 1. The van der Waals surface area contributed by atoms with Crippen LogP contribution in [0.1, 0.15) is 45.4 Å². The lowest BCUT2D eigenvalue weighted by Crippen LogP contribution is -2.48. The van der Waals surface area contributed by atoms with Crippen LogP contribution < -0.4 is 11.1 Å². The first-order valence-corrected chi connectivity index (χ1v) is 7.38. The fourth-order valence-electron chi connectivity index (χ4n) is 3.23. The maximum Gasteiger partial charge on any atom is 0.249 e. The highest BCUT2D eigenvalue weighted by Gasteiger charge is 2.35. The Kier molecular flexibility index (Phi) is 4.81. The first kappa shape index (κ1) is 14.8. The Morgan fingerprint density at radius 3 is 2.89 bits per heavy atom. The van der Waals surface area contributed by atoms with Gasteiger partial charge in [-0.05, 0) is 31.6 Å². The third-order valence-corrected chi connectivity index (χ3v) is 4.32. The normalized spacial score (nSPS) is 39.2. The van der Waals surface area contributed by atoms with Gasteiger partial charge in [0.15, 0.2) is 0 Å². The number of amides is 1. The fourth-order valence-corrected chi connectivity index (χ4v) is 3.23. The largest absolute Gasteiger partial charge is 0.388 e. The van der Waals surface area contributed by atoms with Crippen LogP contribution in [-0.4, -0.2) is 41.9 Å². The van der Waals surface area contributed by atoms with E-state index in [9.17, 15) is 9.90 Å². The second-order valence-corrected chi connectivity index (χ2v) is 6.20. The smallest absolute Gasteiger partial charge is 0.249 e. The molecular weight excluding hydrogens is 244 g/mol. The van der Waals surface area contributed by atoms with Crippen LogP contribution >= 0.6 is 0 Å². The Labute approximate surface area is 114 Å². The highest BCUT2D eigenvalue weighted by molar-refractivity contribution is 5.81. The van der Waals surface area contributed by atoms with Crippen molar-refractivity contribution in [2.45, 2.75) is 63.3 Å². The van der Waals surface area contributed by atoms with Gasteiger partial charge in [0.1, 0.15) is 6.10 Å². The number of hydrogen-bond acceptors (Lipinski definition) is 4. The average Bonchev–Trinajstić information content (AvgIpc) is 2.84. The number of aliphatic hydroxyl groups is 1. The van der Waals surface area contributed by atoms with Crippen molar-refractivity contribution in [3.8, 4) is 0 Å². The Morgan fingerprint density at radius 2 is 2.26 bits per heavy atom. The molecule has 0 spiro atoms. The lowest BCUT2D eigenvalue weighted by molar-refractivity contribution is -0.133. The summed E-state index contributed by atoms with van der Waals surface area (Å²) in [6, 6.07) is 0. The molecule has 0 aromatic carbocycles. The van der Waals surface area contributed by atoms with Gasteiger partial charge >= 0.3 is 0 Å². The van der Waals surface area contributed by atoms with E-state index in [4.69, 9.17) is 10.5 Å². The fraction of sp³-hybridized carbons (Fsp3) is 0.929. The monoisotopic (exact) mass is 270 g/mol. The lowest BCUT2D eigenvalue weighted by atomic mass is 9.79. The van der Waals surface area contributed by atoms with Crippen molar-refractivity contribution in [2.75, 3.05) is 13.1 Å². The van der Waals surface area contributed by atoms with E-state index in [0.29, 0.717) is 19.0 Å². The molecule has 2 rings (SSSR count). The molecule has 4 N–H and O–H groups in total. The quantitative estimate of drug-likeness (QED) is 0.696. The predicted molar refractivity (Wildman–Crippen MR) is 72.5 cm³/mol. The Morgan fingerprint density at radius 1 is 1.47 bits per heavy atom. The van der Waals surface area contributed by atoms with E-state index in [1.807, 2.05) is 0 Å². The molecule has 4 atom stereocenters. The van der Waals surface area contributed by atoms with E-state index in [0.717, 1.165) is 32.1 Å². The standard InChI is InChI=1S/C14H26N2O3/c1-10-3-2-6-14(18,7-10)9-16-13(17)12-5-4-11(8-15)19-12/h10-12,18H,2-9,15H2,1H3,(H,16,17). The third-order valence-electron chi connectivity index (χ3n) is 4.32. The van der Waals surface area contributed by atoms with Crippen molar-refractivity contribution >= 4 is 5.91 Å². The average molecular weight is 270 g/mol. The first-order valence-electron chi connectivity index (χ1n) is 7.38. The maximum absolute atomic E-state index is 12.0. The Balaban J connectivity index is 1.77. The number of nitrogens with two attached hydrogens (primary N) is 1.